The van der Waals surface area contributed by atoms with Gasteiger partial charge >= 0.3 is 0 Å². The predicted molar refractivity (Wildman–Crippen MR) is 60.8 cm³/mol. The lowest BCUT2D eigenvalue weighted by Crippen LogP contribution is -2.08. The third-order valence-corrected chi connectivity index (χ3v) is 3.36. The highest BCUT2D eigenvalue weighted by Gasteiger charge is 2.26. The van der Waals surface area contributed by atoms with E-state index >= 15 is 0 Å². The van der Waals surface area contributed by atoms with Gasteiger partial charge in [0, 0.05) is 19.0 Å². The number of aryl methyl sites for hydroxylation is 1. The summed E-state index contributed by atoms with van der Waals surface area (Å²) in [6, 6.07) is 1.88. The number of halogens is 1. The van der Waals surface area contributed by atoms with Crippen LogP contribution in [-0.2, 0) is 7.05 Å². The maximum absolute atomic E-state index is 5.27. The van der Waals surface area contributed by atoms with Crippen LogP contribution in [0.15, 0.2) is 15.2 Å². The van der Waals surface area contributed by atoms with Crippen LogP contribution in [0.25, 0.3) is 11.5 Å². The molecule has 1 aliphatic rings. The van der Waals surface area contributed by atoms with E-state index in [2.05, 4.69) is 31.2 Å². The fourth-order valence-electron chi connectivity index (χ4n) is 1.80. The Morgan fingerprint density at radius 1 is 1.50 bits per heavy atom. The molecule has 16 heavy (non-hydrogen) atoms. The highest BCUT2D eigenvalue weighted by Crippen LogP contribution is 2.36. The monoisotopic (exact) mass is 282 g/mol. The molecule has 0 N–H and O–H groups in total. The summed E-state index contributed by atoms with van der Waals surface area (Å²) >= 11 is 3.32. The summed E-state index contributed by atoms with van der Waals surface area (Å²) in [6.45, 7) is 0. The molecular formula is C10H11BrN4O. The molecule has 84 valence electrons. The minimum atomic E-state index is 0.470. The van der Waals surface area contributed by atoms with Gasteiger partial charge in [-0.2, -0.15) is 10.1 Å². The van der Waals surface area contributed by atoms with Gasteiger partial charge in [-0.1, -0.05) is 11.6 Å². The molecular weight excluding hydrogens is 272 g/mol. The van der Waals surface area contributed by atoms with E-state index in [0.29, 0.717) is 11.7 Å². The second kappa shape index (κ2) is 3.69. The summed E-state index contributed by atoms with van der Waals surface area (Å²) in [5.74, 6) is 1.85. The fraction of sp³-hybridized carbons (Fsp3) is 0.500. The molecule has 0 spiro atoms. The number of hydrogen-bond acceptors (Lipinski definition) is 4. The van der Waals surface area contributed by atoms with E-state index in [0.717, 1.165) is 29.0 Å². The van der Waals surface area contributed by atoms with Crippen molar-refractivity contribution in [2.24, 2.45) is 7.05 Å². The van der Waals surface area contributed by atoms with Crippen molar-refractivity contribution in [3.05, 3.63) is 16.6 Å². The standard InChI is InChI=1S/C10H11BrN4O/c1-15-7(5-8(11)13-15)9-12-10(16-14-9)6-3-2-4-6/h5-6H,2-4H2,1H3. The number of rotatable bonds is 2. The van der Waals surface area contributed by atoms with Gasteiger partial charge in [0.05, 0.1) is 0 Å². The third kappa shape index (κ3) is 1.57. The van der Waals surface area contributed by atoms with Gasteiger partial charge < -0.3 is 4.52 Å². The lowest BCUT2D eigenvalue weighted by molar-refractivity contribution is 0.292. The first-order chi connectivity index (χ1) is 7.74. The first kappa shape index (κ1) is 10.0. The Bertz CT molecular complexity index is 515. The smallest absolute Gasteiger partial charge is 0.230 e. The Morgan fingerprint density at radius 2 is 2.31 bits per heavy atom. The second-order valence-electron chi connectivity index (χ2n) is 4.06. The normalized spacial score (nSPS) is 16.4. The van der Waals surface area contributed by atoms with Crippen LogP contribution >= 0.6 is 15.9 Å². The second-order valence-corrected chi connectivity index (χ2v) is 4.87. The summed E-state index contributed by atoms with van der Waals surface area (Å²) < 4.78 is 7.78. The quantitative estimate of drug-likeness (QED) is 0.849. The van der Waals surface area contributed by atoms with Gasteiger partial charge in [-0.25, -0.2) is 0 Å². The summed E-state index contributed by atoms with van der Waals surface area (Å²) in [4.78, 5) is 4.42. The van der Waals surface area contributed by atoms with E-state index in [4.69, 9.17) is 4.52 Å². The lowest BCUT2D eigenvalue weighted by atomic mass is 9.85. The van der Waals surface area contributed by atoms with E-state index < -0.39 is 0 Å². The molecule has 0 amide bonds. The first-order valence-corrected chi connectivity index (χ1v) is 6.07. The van der Waals surface area contributed by atoms with Crippen molar-refractivity contribution < 1.29 is 4.52 Å². The first-order valence-electron chi connectivity index (χ1n) is 5.27. The molecule has 2 aromatic heterocycles. The highest BCUT2D eigenvalue weighted by molar-refractivity contribution is 9.10. The average molecular weight is 283 g/mol. The minimum Gasteiger partial charge on any atom is -0.339 e. The highest BCUT2D eigenvalue weighted by atomic mass is 79.9. The summed E-state index contributed by atoms with van der Waals surface area (Å²) in [6.07, 6.45) is 3.59. The van der Waals surface area contributed by atoms with Crippen LogP contribution in [0, 0.1) is 0 Å². The Kier molecular flexibility index (Phi) is 2.31. The molecule has 0 aliphatic heterocycles. The van der Waals surface area contributed by atoms with Crippen LogP contribution < -0.4 is 0 Å². The maximum Gasteiger partial charge on any atom is 0.230 e. The summed E-state index contributed by atoms with van der Waals surface area (Å²) in [5.41, 5.74) is 0.862. The maximum atomic E-state index is 5.27. The molecule has 0 radical (unpaired) electrons. The van der Waals surface area contributed by atoms with Crippen molar-refractivity contribution in [3.8, 4) is 11.5 Å². The van der Waals surface area contributed by atoms with Crippen LogP contribution in [0.3, 0.4) is 0 Å². The summed E-state index contributed by atoms with van der Waals surface area (Å²) in [5, 5.41) is 8.18. The molecule has 6 heteroatoms. The van der Waals surface area contributed by atoms with Crippen molar-refractivity contribution in [1.29, 1.82) is 0 Å². The van der Waals surface area contributed by atoms with Gasteiger partial charge in [-0.3, -0.25) is 4.68 Å². The van der Waals surface area contributed by atoms with E-state index in [-0.39, 0.29) is 0 Å². The molecule has 0 unspecified atom stereocenters. The third-order valence-electron chi connectivity index (χ3n) is 2.98. The zero-order chi connectivity index (χ0) is 11.1. The van der Waals surface area contributed by atoms with Crippen molar-refractivity contribution in [1.82, 2.24) is 19.9 Å². The minimum absolute atomic E-state index is 0.470. The van der Waals surface area contributed by atoms with Crippen LogP contribution in [-0.4, -0.2) is 19.9 Å². The zero-order valence-corrected chi connectivity index (χ0v) is 10.4. The van der Waals surface area contributed by atoms with Gasteiger partial charge in [0.15, 0.2) is 0 Å². The van der Waals surface area contributed by atoms with E-state index in [1.54, 1.807) is 4.68 Å². The number of aromatic nitrogens is 4. The fourth-order valence-corrected chi connectivity index (χ4v) is 2.26. The van der Waals surface area contributed by atoms with Crippen LogP contribution in [0.2, 0.25) is 0 Å². The number of hydrogen-bond donors (Lipinski definition) is 0. The molecule has 0 saturated heterocycles. The number of nitrogens with zero attached hydrogens (tertiary/aromatic N) is 4. The molecule has 0 bridgehead atoms. The Labute approximate surface area is 101 Å². The van der Waals surface area contributed by atoms with Gasteiger partial charge in [-0.05, 0) is 28.8 Å². The topological polar surface area (TPSA) is 56.7 Å². The van der Waals surface area contributed by atoms with Crippen LogP contribution in [0.1, 0.15) is 31.1 Å². The van der Waals surface area contributed by atoms with E-state index in [9.17, 15) is 0 Å². The summed E-state index contributed by atoms with van der Waals surface area (Å²) in [7, 11) is 1.86. The molecule has 2 heterocycles. The van der Waals surface area contributed by atoms with Crippen LogP contribution in [0.5, 0.6) is 0 Å². The van der Waals surface area contributed by atoms with Gasteiger partial charge in [0.25, 0.3) is 0 Å². The largest absolute Gasteiger partial charge is 0.339 e. The zero-order valence-electron chi connectivity index (χ0n) is 8.85. The molecule has 0 atom stereocenters. The molecule has 1 fully saturated rings. The van der Waals surface area contributed by atoms with E-state index in [1.807, 2.05) is 13.1 Å². The molecule has 5 nitrogen and oxygen atoms in total. The average Bonchev–Trinajstić information content (AvgIpc) is 2.70. The predicted octanol–water partition coefficient (Wildman–Crippen LogP) is 2.50. The van der Waals surface area contributed by atoms with Gasteiger partial charge in [0.1, 0.15) is 10.3 Å². The molecule has 0 aromatic carbocycles. The molecule has 2 aromatic rings. The van der Waals surface area contributed by atoms with Crippen LogP contribution in [0.4, 0.5) is 0 Å². The molecule has 1 aliphatic carbocycles. The Balaban J connectivity index is 1.94. The van der Waals surface area contributed by atoms with Gasteiger partial charge in [-0.15, -0.1) is 0 Å². The SMILES string of the molecule is Cn1nc(Br)cc1-c1noc(C2CCC2)n1. The van der Waals surface area contributed by atoms with Crippen molar-refractivity contribution in [2.75, 3.05) is 0 Å². The Morgan fingerprint density at radius 3 is 2.88 bits per heavy atom. The molecule has 1 saturated carbocycles. The van der Waals surface area contributed by atoms with E-state index in [1.165, 1.54) is 6.42 Å². The van der Waals surface area contributed by atoms with Crippen molar-refractivity contribution in [2.45, 2.75) is 25.2 Å². The lowest BCUT2D eigenvalue weighted by Gasteiger charge is -2.20. The Hall–Kier alpha value is -1.17. The van der Waals surface area contributed by atoms with Gasteiger partial charge in [0.2, 0.25) is 11.7 Å². The van der Waals surface area contributed by atoms with Crippen molar-refractivity contribution >= 4 is 15.9 Å². The van der Waals surface area contributed by atoms with Crippen molar-refractivity contribution in [3.63, 3.8) is 0 Å². The molecule has 3 rings (SSSR count).